The maximum absolute atomic E-state index is 11.8. The summed E-state index contributed by atoms with van der Waals surface area (Å²) in [5.74, 6) is 1.90. The molecule has 1 aliphatic rings. The van der Waals surface area contributed by atoms with Crippen molar-refractivity contribution in [3.63, 3.8) is 0 Å². The summed E-state index contributed by atoms with van der Waals surface area (Å²) < 4.78 is 11.7. The lowest BCUT2D eigenvalue weighted by atomic mass is 10.2. The molecule has 2 aromatic rings. The molecule has 0 bridgehead atoms. The predicted octanol–water partition coefficient (Wildman–Crippen LogP) is 5.01. The minimum Gasteiger partial charge on any atom is -0.493 e. The zero-order valence-corrected chi connectivity index (χ0v) is 17.6. The van der Waals surface area contributed by atoms with Crippen LogP contribution in [0.5, 0.6) is 11.5 Å². The molecule has 1 saturated heterocycles. The number of amides is 1. The molecular formula is C19H16ClNO3S3. The van der Waals surface area contributed by atoms with E-state index < -0.39 is 0 Å². The zero-order chi connectivity index (χ0) is 19.2. The van der Waals surface area contributed by atoms with Crippen LogP contribution in [-0.4, -0.2) is 29.7 Å². The molecule has 2 aromatic carbocycles. The van der Waals surface area contributed by atoms with Gasteiger partial charge in [0.05, 0.1) is 18.6 Å². The molecule has 1 fully saturated rings. The number of carbonyl (C=O) groups is 1. The Kier molecular flexibility index (Phi) is 7.07. The Balaban J connectivity index is 1.59. The van der Waals surface area contributed by atoms with Gasteiger partial charge in [-0.15, -0.1) is 11.8 Å². The first-order chi connectivity index (χ1) is 13.0. The number of carbonyl (C=O) groups excluding carboxylic acids is 1. The molecule has 0 atom stereocenters. The first kappa shape index (κ1) is 20.1. The van der Waals surface area contributed by atoms with Crippen LogP contribution in [0.15, 0.2) is 52.3 Å². The Morgan fingerprint density at radius 2 is 2.00 bits per heavy atom. The molecule has 0 aromatic heterocycles. The van der Waals surface area contributed by atoms with Crippen molar-refractivity contribution in [2.45, 2.75) is 4.90 Å². The Bertz CT molecular complexity index is 884. The van der Waals surface area contributed by atoms with Crippen molar-refractivity contribution in [3.05, 3.63) is 58.0 Å². The van der Waals surface area contributed by atoms with E-state index in [2.05, 4.69) is 5.32 Å². The number of benzene rings is 2. The third-order valence-corrected chi connectivity index (χ3v) is 5.94. The highest BCUT2D eigenvalue weighted by Crippen LogP contribution is 2.32. The predicted molar refractivity (Wildman–Crippen MR) is 117 cm³/mol. The first-order valence-corrected chi connectivity index (χ1v) is 10.6. The highest BCUT2D eigenvalue weighted by molar-refractivity contribution is 8.26. The third-order valence-electron chi connectivity index (χ3n) is 3.55. The van der Waals surface area contributed by atoms with E-state index in [1.807, 2.05) is 42.5 Å². The van der Waals surface area contributed by atoms with Crippen LogP contribution in [0.1, 0.15) is 5.56 Å². The second-order valence-electron chi connectivity index (χ2n) is 5.41. The molecule has 0 unspecified atom stereocenters. The van der Waals surface area contributed by atoms with E-state index in [1.54, 1.807) is 24.9 Å². The van der Waals surface area contributed by atoms with Gasteiger partial charge in [-0.2, -0.15) is 0 Å². The molecular weight excluding hydrogens is 422 g/mol. The lowest BCUT2D eigenvalue weighted by Crippen LogP contribution is -2.17. The van der Waals surface area contributed by atoms with E-state index in [-0.39, 0.29) is 5.91 Å². The minimum absolute atomic E-state index is 0.177. The first-order valence-electron chi connectivity index (χ1n) is 7.99. The molecule has 1 aliphatic heterocycles. The molecule has 1 N–H and O–H groups in total. The highest BCUT2D eigenvalue weighted by atomic mass is 35.5. The van der Waals surface area contributed by atoms with Crippen molar-refractivity contribution < 1.29 is 14.3 Å². The summed E-state index contributed by atoms with van der Waals surface area (Å²) in [6.07, 6.45) is 1.78. The third kappa shape index (κ3) is 5.65. The van der Waals surface area contributed by atoms with Gasteiger partial charge in [0.25, 0.3) is 5.91 Å². The minimum atomic E-state index is -0.177. The SMILES string of the molecule is COc1cc(C=C2SC(=S)NC2=O)ccc1OCCSc1ccc(Cl)cc1. The Morgan fingerprint density at radius 3 is 2.67 bits per heavy atom. The quantitative estimate of drug-likeness (QED) is 0.284. The number of hydrogen-bond acceptors (Lipinski definition) is 6. The number of hydrogen-bond donors (Lipinski definition) is 1. The van der Waals surface area contributed by atoms with Crippen LogP contribution in [0.2, 0.25) is 5.02 Å². The van der Waals surface area contributed by atoms with Crippen molar-refractivity contribution in [2.24, 2.45) is 0 Å². The molecule has 0 spiro atoms. The van der Waals surface area contributed by atoms with Gasteiger partial charge in [0, 0.05) is 15.7 Å². The van der Waals surface area contributed by atoms with Crippen LogP contribution in [0.3, 0.4) is 0 Å². The molecule has 140 valence electrons. The van der Waals surface area contributed by atoms with Gasteiger partial charge in [-0.3, -0.25) is 4.79 Å². The zero-order valence-electron chi connectivity index (χ0n) is 14.4. The average Bonchev–Trinajstić information content (AvgIpc) is 2.98. The smallest absolute Gasteiger partial charge is 0.263 e. The van der Waals surface area contributed by atoms with Gasteiger partial charge >= 0.3 is 0 Å². The molecule has 3 rings (SSSR count). The van der Waals surface area contributed by atoms with Gasteiger partial charge in [0.15, 0.2) is 11.5 Å². The lowest BCUT2D eigenvalue weighted by Gasteiger charge is -2.11. The second kappa shape index (κ2) is 9.50. The monoisotopic (exact) mass is 437 g/mol. The maximum Gasteiger partial charge on any atom is 0.263 e. The van der Waals surface area contributed by atoms with Crippen molar-refractivity contribution in [1.29, 1.82) is 0 Å². The summed E-state index contributed by atoms with van der Waals surface area (Å²) in [6.45, 7) is 0.538. The number of halogens is 1. The Labute approximate surface area is 176 Å². The maximum atomic E-state index is 11.8. The molecule has 8 heteroatoms. The summed E-state index contributed by atoms with van der Waals surface area (Å²) in [4.78, 5) is 13.5. The summed E-state index contributed by atoms with van der Waals surface area (Å²) in [6, 6.07) is 13.3. The largest absolute Gasteiger partial charge is 0.493 e. The number of nitrogens with one attached hydrogen (secondary N) is 1. The molecule has 0 radical (unpaired) electrons. The van der Waals surface area contributed by atoms with Gasteiger partial charge in [0.1, 0.15) is 4.32 Å². The number of rotatable bonds is 7. The van der Waals surface area contributed by atoms with E-state index in [1.165, 1.54) is 11.8 Å². The van der Waals surface area contributed by atoms with Crippen LogP contribution in [-0.2, 0) is 4.79 Å². The van der Waals surface area contributed by atoms with Gasteiger partial charge in [0.2, 0.25) is 0 Å². The van der Waals surface area contributed by atoms with Crippen molar-refractivity contribution in [3.8, 4) is 11.5 Å². The van der Waals surface area contributed by atoms with Gasteiger partial charge in [-0.25, -0.2) is 0 Å². The van der Waals surface area contributed by atoms with Gasteiger partial charge < -0.3 is 14.8 Å². The molecule has 27 heavy (non-hydrogen) atoms. The standard InChI is InChI=1S/C19H16ClNO3S3/c1-23-16-10-12(11-17-18(22)21-19(25)27-17)2-7-15(16)24-8-9-26-14-5-3-13(20)4-6-14/h2-7,10-11H,8-9H2,1H3,(H,21,22,25). The van der Waals surface area contributed by atoms with Crippen LogP contribution >= 0.6 is 47.3 Å². The second-order valence-corrected chi connectivity index (χ2v) is 8.74. The highest BCUT2D eigenvalue weighted by Gasteiger charge is 2.22. The van der Waals surface area contributed by atoms with E-state index >= 15 is 0 Å². The van der Waals surface area contributed by atoms with E-state index in [0.29, 0.717) is 27.3 Å². The normalized spacial score (nSPS) is 15.1. The Hall–Kier alpha value is -1.67. The molecule has 0 saturated carbocycles. The van der Waals surface area contributed by atoms with Crippen molar-refractivity contribution in [1.82, 2.24) is 5.32 Å². The van der Waals surface area contributed by atoms with E-state index in [9.17, 15) is 4.79 Å². The fraction of sp³-hybridized carbons (Fsp3) is 0.158. The molecule has 4 nitrogen and oxygen atoms in total. The molecule has 1 heterocycles. The summed E-state index contributed by atoms with van der Waals surface area (Å²) in [5, 5.41) is 3.33. The summed E-state index contributed by atoms with van der Waals surface area (Å²) in [5.41, 5.74) is 0.845. The van der Waals surface area contributed by atoms with Crippen LogP contribution in [0.4, 0.5) is 0 Å². The Morgan fingerprint density at radius 1 is 1.22 bits per heavy atom. The number of thiocarbonyl (C=S) groups is 1. The molecule has 1 amide bonds. The van der Waals surface area contributed by atoms with Gasteiger partial charge in [-0.1, -0.05) is 41.6 Å². The van der Waals surface area contributed by atoms with Crippen LogP contribution in [0, 0.1) is 0 Å². The van der Waals surface area contributed by atoms with Crippen molar-refractivity contribution >= 4 is 63.6 Å². The average molecular weight is 438 g/mol. The fourth-order valence-electron chi connectivity index (χ4n) is 2.31. The topological polar surface area (TPSA) is 47.6 Å². The fourth-order valence-corrected chi connectivity index (χ4v) is 4.21. The summed E-state index contributed by atoms with van der Waals surface area (Å²) >= 11 is 13.8. The number of methoxy groups -OCH3 is 1. The summed E-state index contributed by atoms with van der Waals surface area (Å²) in [7, 11) is 1.59. The van der Waals surface area contributed by atoms with E-state index in [4.69, 9.17) is 33.3 Å². The van der Waals surface area contributed by atoms with Crippen LogP contribution < -0.4 is 14.8 Å². The van der Waals surface area contributed by atoms with E-state index in [0.717, 1.165) is 21.2 Å². The number of thioether (sulfide) groups is 2. The van der Waals surface area contributed by atoms with Gasteiger partial charge in [-0.05, 0) is 48.0 Å². The van der Waals surface area contributed by atoms with Crippen molar-refractivity contribution in [2.75, 3.05) is 19.5 Å². The number of ether oxygens (including phenoxy) is 2. The van der Waals surface area contributed by atoms with Crippen LogP contribution in [0.25, 0.3) is 6.08 Å². The molecule has 0 aliphatic carbocycles. The lowest BCUT2D eigenvalue weighted by molar-refractivity contribution is -0.115.